The van der Waals surface area contributed by atoms with Gasteiger partial charge in [-0.25, -0.2) is 0 Å². The van der Waals surface area contributed by atoms with Gasteiger partial charge in [0.15, 0.2) is 11.6 Å². The molecule has 2 aliphatic heterocycles. The third kappa shape index (κ3) is 1.79. The van der Waals surface area contributed by atoms with Crippen LogP contribution < -0.4 is 0 Å². The minimum Gasteiger partial charge on any atom is -0.387 e. The van der Waals surface area contributed by atoms with Crippen LogP contribution in [0.2, 0.25) is 0 Å². The summed E-state index contributed by atoms with van der Waals surface area (Å²) >= 11 is 0. The monoisotopic (exact) mass is 260 g/mol. The van der Waals surface area contributed by atoms with Crippen LogP contribution in [0, 0.1) is 0 Å². The number of aliphatic hydroxyl groups is 2. The lowest BCUT2D eigenvalue weighted by Crippen LogP contribution is -2.61. The highest BCUT2D eigenvalue weighted by Crippen LogP contribution is 2.43. The summed E-state index contributed by atoms with van der Waals surface area (Å²) in [4.78, 5) is 0. The average Bonchev–Trinajstić information content (AvgIpc) is 2.72. The van der Waals surface area contributed by atoms with Crippen molar-refractivity contribution in [3.8, 4) is 0 Å². The fourth-order valence-electron chi connectivity index (χ4n) is 3.06. The standard InChI is InChI=1S/C12H20O6/c1-11(2)15-7-5(13)9-10(6(14)8(7)16-11)18-12(3,4)17-9/h5-10,13-14H,1-4H3/t5-,6-,7-,8-,9+,10+. The highest BCUT2D eigenvalue weighted by Gasteiger charge is 2.62. The Morgan fingerprint density at radius 2 is 0.833 bits per heavy atom. The molecular formula is C12H20O6. The van der Waals surface area contributed by atoms with Crippen molar-refractivity contribution in [1.29, 1.82) is 0 Å². The van der Waals surface area contributed by atoms with Crippen LogP contribution in [-0.2, 0) is 18.9 Å². The molecule has 3 aliphatic rings. The third-order valence-corrected chi connectivity index (χ3v) is 3.67. The molecule has 0 aromatic rings. The molecule has 2 N–H and O–H groups in total. The van der Waals surface area contributed by atoms with Gasteiger partial charge in [0.05, 0.1) is 0 Å². The fraction of sp³-hybridized carbons (Fsp3) is 1.00. The molecule has 2 heterocycles. The first kappa shape index (κ1) is 12.8. The smallest absolute Gasteiger partial charge is 0.164 e. The van der Waals surface area contributed by atoms with E-state index in [4.69, 9.17) is 18.9 Å². The summed E-state index contributed by atoms with van der Waals surface area (Å²) in [5.41, 5.74) is 0. The predicted octanol–water partition coefficient (Wildman–Crippen LogP) is -0.238. The summed E-state index contributed by atoms with van der Waals surface area (Å²) in [6.07, 6.45) is -4.09. The normalized spacial score (nSPS) is 53.0. The van der Waals surface area contributed by atoms with Crippen molar-refractivity contribution in [2.45, 2.75) is 75.9 Å². The molecule has 0 unspecified atom stereocenters. The zero-order valence-corrected chi connectivity index (χ0v) is 11.0. The maximum atomic E-state index is 10.3. The summed E-state index contributed by atoms with van der Waals surface area (Å²) in [6.45, 7) is 7.02. The molecule has 0 radical (unpaired) electrons. The van der Waals surface area contributed by atoms with Crippen LogP contribution in [0.25, 0.3) is 0 Å². The first-order valence-corrected chi connectivity index (χ1v) is 6.28. The first-order chi connectivity index (χ1) is 8.20. The summed E-state index contributed by atoms with van der Waals surface area (Å²) in [5, 5.41) is 20.6. The van der Waals surface area contributed by atoms with Crippen LogP contribution in [0.15, 0.2) is 0 Å². The largest absolute Gasteiger partial charge is 0.387 e. The van der Waals surface area contributed by atoms with E-state index < -0.39 is 48.2 Å². The van der Waals surface area contributed by atoms with Gasteiger partial charge in [0.2, 0.25) is 0 Å². The van der Waals surface area contributed by atoms with Crippen LogP contribution in [0.4, 0.5) is 0 Å². The minimum absolute atomic E-state index is 0.589. The number of aliphatic hydroxyl groups excluding tert-OH is 2. The van der Waals surface area contributed by atoms with Crippen LogP contribution in [0.1, 0.15) is 27.7 Å². The van der Waals surface area contributed by atoms with Crippen molar-refractivity contribution in [2.75, 3.05) is 0 Å². The Morgan fingerprint density at radius 1 is 0.611 bits per heavy atom. The molecule has 6 nitrogen and oxygen atoms in total. The van der Waals surface area contributed by atoms with Gasteiger partial charge in [-0.3, -0.25) is 0 Å². The number of fused-ring (bicyclic) bond motifs is 2. The van der Waals surface area contributed by atoms with Crippen molar-refractivity contribution in [3.05, 3.63) is 0 Å². The maximum Gasteiger partial charge on any atom is 0.164 e. The number of ether oxygens (including phenoxy) is 4. The zero-order valence-electron chi connectivity index (χ0n) is 11.0. The van der Waals surface area contributed by atoms with Gasteiger partial charge in [0.1, 0.15) is 36.6 Å². The third-order valence-electron chi connectivity index (χ3n) is 3.67. The molecule has 2 saturated heterocycles. The van der Waals surface area contributed by atoms with E-state index in [1.54, 1.807) is 27.7 Å². The second kappa shape index (κ2) is 3.65. The Hall–Kier alpha value is -0.240. The summed E-state index contributed by atoms with van der Waals surface area (Å²) in [5.74, 6) is -1.63. The van der Waals surface area contributed by atoms with Gasteiger partial charge >= 0.3 is 0 Å². The molecule has 6 atom stereocenters. The predicted molar refractivity (Wildman–Crippen MR) is 59.7 cm³/mol. The average molecular weight is 260 g/mol. The van der Waals surface area contributed by atoms with Crippen molar-refractivity contribution >= 4 is 0 Å². The molecule has 0 bridgehead atoms. The van der Waals surface area contributed by atoms with Gasteiger partial charge < -0.3 is 29.2 Å². The Bertz CT molecular complexity index is 292. The molecular weight excluding hydrogens is 240 g/mol. The van der Waals surface area contributed by atoms with E-state index in [9.17, 15) is 10.2 Å². The van der Waals surface area contributed by atoms with Crippen LogP contribution in [0.5, 0.6) is 0 Å². The molecule has 0 spiro atoms. The number of rotatable bonds is 0. The molecule has 1 aliphatic carbocycles. The van der Waals surface area contributed by atoms with Gasteiger partial charge in [0, 0.05) is 0 Å². The van der Waals surface area contributed by atoms with E-state index in [0.29, 0.717) is 0 Å². The molecule has 3 fully saturated rings. The molecule has 0 aromatic heterocycles. The quantitative estimate of drug-likeness (QED) is 0.626. The van der Waals surface area contributed by atoms with Gasteiger partial charge in [-0.2, -0.15) is 0 Å². The summed E-state index contributed by atoms with van der Waals surface area (Å²) in [7, 11) is 0. The Kier molecular flexibility index (Phi) is 2.59. The maximum absolute atomic E-state index is 10.3. The van der Waals surface area contributed by atoms with E-state index in [1.807, 2.05) is 0 Å². The van der Waals surface area contributed by atoms with E-state index in [1.165, 1.54) is 0 Å². The second-order valence-electron chi connectivity index (χ2n) is 6.11. The molecule has 1 saturated carbocycles. The lowest BCUT2D eigenvalue weighted by atomic mass is 9.85. The number of hydrogen-bond acceptors (Lipinski definition) is 6. The zero-order chi connectivity index (χ0) is 13.3. The molecule has 0 aromatic carbocycles. The van der Waals surface area contributed by atoms with E-state index in [2.05, 4.69) is 0 Å². The Labute approximate surface area is 106 Å². The number of hydrogen-bond donors (Lipinski definition) is 2. The lowest BCUT2D eigenvalue weighted by Gasteiger charge is -2.38. The molecule has 6 heteroatoms. The summed E-state index contributed by atoms with van der Waals surface area (Å²) in [6, 6.07) is 0. The van der Waals surface area contributed by atoms with E-state index >= 15 is 0 Å². The Morgan fingerprint density at radius 3 is 1.06 bits per heavy atom. The van der Waals surface area contributed by atoms with Crippen molar-refractivity contribution < 1.29 is 29.2 Å². The topological polar surface area (TPSA) is 77.4 Å². The molecule has 18 heavy (non-hydrogen) atoms. The van der Waals surface area contributed by atoms with Gasteiger partial charge in [-0.15, -0.1) is 0 Å². The fourth-order valence-corrected chi connectivity index (χ4v) is 3.06. The van der Waals surface area contributed by atoms with Crippen LogP contribution >= 0.6 is 0 Å². The SMILES string of the molecule is CC1(C)O[C@@H]2[C@@H](O)[C@@H]3OC(C)(C)O[C@H]3[C@H](O)[C@H]2O1. The van der Waals surface area contributed by atoms with Gasteiger partial charge in [-0.05, 0) is 27.7 Å². The van der Waals surface area contributed by atoms with Crippen LogP contribution in [-0.4, -0.2) is 58.4 Å². The molecule has 3 rings (SSSR count). The second-order valence-corrected chi connectivity index (χ2v) is 6.11. The minimum atomic E-state index is -0.869. The van der Waals surface area contributed by atoms with E-state index in [-0.39, 0.29) is 0 Å². The first-order valence-electron chi connectivity index (χ1n) is 6.28. The highest BCUT2D eigenvalue weighted by molar-refractivity contribution is 5.07. The highest BCUT2D eigenvalue weighted by atomic mass is 16.8. The Balaban J connectivity index is 1.88. The van der Waals surface area contributed by atoms with E-state index in [0.717, 1.165) is 0 Å². The van der Waals surface area contributed by atoms with Crippen molar-refractivity contribution in [3.63, 3.8) is 0 Å². The lowest BCUT2D eigenvalue weighted by molar-refractivity contribution is -0.183. The molecule has 0 amide bonds. The van der Waals surface area contributed by atoms with Crippen LogP contribution in [0.3, 0.4) is 0 Å². The van der Waals surface area contributed by atoms with Gasteiger partial charge in [0.25, 0.3) is 0 Å². The summed E-state index contributed by atoms with van der Waals surface area (Å²) < 4.78 is 22.6. The van der Waals surface area contributed by atoms with Gasteiger partial charge in [-0.1, -0.05) is 0 Å². The van der Waals surface area contributed by atoms with Crippen molar-refractivity contribution in [2.24, 2.45) is 0 Å². The van der Waals surface area contributed by atoms with Crippen molar-refractivity contribution in [1.82, 2.24) is 0 Å². The molecule has 104 valence electrons.